The zero-order chi connectivity index (χ0) is 16.9. The molecule has 4 nitrogen and oxygen atoms in total. The number of hydrogen-bond acceptors (Lipinski definition) is 3. The normalized spacial score (nSPS) is 14.3. The van der Waals surface area contributed by atoms with Crippen molar-refractivity contribution in [2.24, 2.45) is 5.73 Å². The molecule has 2 N–H and O–H groups in total. The van der Waals surface area contributed by atoms with Crippen LogP contribution in [0.3, 0.4) is 0 Å². The van der Waals surface area contributed by atoms with Gasteiger partial charge in [-0.15, -0.1) is 12.4 Å². The summed E-state index contributed by atoms with van der Waals surface area (Å²) < 4.78 is 5.41. The summed E-state index contributed by atoms with van der Waals surface area (Å²) in [5.74, 6) is 0.933. The van der Waals surface area contributed by atoms with E-state index in [2.05, 4.69) is 0 Å². The summed E-state index contributed by atoms with van der Waals surface area (Å²) in [5.41, 5.74) is 8.27. The van der Waals surface area contributed by atoms with Crippen molar-refractivity contribution in [2.45, 2.75) is 37.9 Å². The number of nitrogens with two attached hydrogens (primary N) is 1. The molecule has 1 aliphatic rings. The number of para-hydroxylation sites is 1. The van der Waals surface area contributed by atoms with E-state index < -0.39 is 0 Å². The highest BCUT2D eigenvalue weighted by Gasteiger charge is 2.33. The van der Waals surface area contributed by atoms with Crippen molar-refractivity contribution in [3.05, 3.63) is 65.7 Å². The number of benzene rings is 2. The van der Waals surface area contributed by atoms with Crippen molar-refractivity contribution >= 4 is 18.3 Å². The molecule has 1 unspecified atom stereocenters. The fraction of sp³-hybridized carbons (Fsp3) is 0.350. The third-order valence-corrected chi connectivity index (χ3v) is 4.46. The summed E-state index contributed by atoms with van der Waals surface area (Å²) in [6.07, 6.45) is 2.47. The van der Waals surface area contributed by atoms with Crippen LogP contribution in [0.5, 0.6) is 5.75 Å². The Bertz CT molecular complexity index is 689. The number of carbonyl (C=O) groups is 1. The minimum atomic E-state index is -0.266. The van der Waals surface area contributed by atoms with Gasteiger partial charge >= 0.3 is 0 Å². The van der Waals surface area contributed by atoms with Crippen molar-refractivity contribution in [3.63, 3.8) is 0 Å². The molecule has 1 amide bonds. The van der Waals surface area contributed by atoms with E-state index in [9.17, 15) is 4.79 Å². The van der Waals surface area contributed by atoms with Crippen LogP contribution >= 0.6 is 12.4 Å². The third kappa shape index (κ3) is 4.97. The standard InChI is InChI=1S/C20H24N2O2.ClH/c1-24-19-10-6-5-9-16(19)14-22(17-11-12-17)20(23)13-18(21)15-7-3-2-4-8-15;/h2-10,17-18H,11-14,21H2,1H3;1H. The molecule has 2 aromatic rings. The predicted molar refractivity (Wildman–Crippen MR) is 102 cm³/mol. The molecular weight excluding hydrogens is 336 g/mol. The number of hydrogen-bond donors (Lipinski definition) is 1. The summed E-state index contributed by atoms with van der Waals surface area (Å²) in [6, 6.07) is 17.7. The topological polar surface area (TPSA) is 55.6 Å². The Morgan fingerprint density at radius 1 is 1.16 bits per heavy atom. The van der Waals surface area contributed by atoms with E-state index >= 15 is 0 Å². The van der Waals surface area contributed by atoms with E-state index in [0.717, 1.165) is 29.7 Å². The smallest absolute Gasteiger partial charge is 0.225 e. The first kappa shape index (κ1) is 19.3. The summed E-state index contributed by atoms with van der Waals surface area (Å²) in [4.78, 5) is 14.8. The van der Waals surface area contributed by atoms with Gasteiger partial charge in [-0.25, -0.2) is 0 Å². The van der Waals surface area contributed by atoms with Crippen molar-refractivity contribution in [1.29, 1.82) is 0 Å². The summed E-state index contributed by atoms with van der Waals surface area (Å²) >= 11 is 0. The number of rotatable bonds is 7. The van der Waals surface area contributed by atoms with E-state index in [4.69, 9.17) is 10.5 Å². The SMILES string of the molecule is COc1ccccc1CN(C(=O)CC(N)c1ccccc1)C1CC1.Cl. The first-order valence-electron chi connectivity index (χ1n) is 8.41. The molecule has 0 bridgehead atoms. The summed E-state index contributed by atoms with van der Waals surface area (Å²) in [7, 11) is 1.66. The quantitative estimate of drug-likeness (QED) is 0.819. The van der Waals surface area contributed by atoms with E-state index in [1.54, 1.807) is 7.11 Å². The number of methoxy groups -OCH3 is 1. The van der Waals surface area contributed by atoms with E-state index in [-0.39, 0.29) is 24.4 Å². The maximum Gasteiger partial charge on any atom is 0.225 e. The zero-order valence-corrected chi connectivity index (χ0v) is 15.2. The van der Waals surface area contributed by atoms with Crippen LogP contribution in [0.25, 0.3) is 0 Å². The fourth-order valence-electron chi connectivity index (χ4n) is 2.95. The van der Waals surface area contributed by atoms with Crippen LogP contribution in [-0.4, -0.2) is 24.0 Å². The van der Waals surface area contributed by atoms with Crippen LogP contribution in [0.15, 0.2) is 54.6 Å². The molecule has 0 saturated heterocycles. The van der Waals surface area contributed by atoms with Crippen molar-refractivity contribution in [1.82, 2.24) is 4.90 Å². The molecule has 1 saturated carbocycles. The van der Waals surface area contributed by atoms with Gasteiger partial charge in [0.2, 0.25) is 5.91 Å². The summed E-state index contributed by atoms with van der Waals surface area (Å²) in [5, 5.41) is 0. The Balaban J connectivity index is 0.00000225. The first-order valence-corrected chi connectivity index (χ1v) is 8.41. The second-order valence-corrected chi connectivity index (χ2v) is 6.29. The summed E-state index contributed by atoms with van der Waals surface area (Å²) in [6.45, 7) is 0.578. The maximum atomic E-state index is 12.8. The van der Waals surface area contributed by atoms with E-state index in [1.807, 2.05) is 59.5 Å². The number of carbonyl (C=O) groups excluding carboxylic acids is 1. The van der Waals surface area contributed by atoms with Crippen LogP contribution in [-0.2, 0) is 11.3 Å². The minimum Gasteiger partial charge on any atom is -0.496 e. The van der Waals surface area contributed by atoms with Gasteiger partial charge in [0.1, 0.15) is 5.75 Å². The van der Waals surface area contributed by atoms with Crippen LogP contribution in [0, 0.1) is 0 Å². The number of amides is 1. The number of ether oxygens (including phenoxy) is 1. The highest BCUT2D eigenvalue weighted by molar-refractivity contribution is 5.85. The second kappa shape index (κ2) is 8.88. The molecule has 25 heavy (non-hydrogen) atoms. The molecule has 5 heteroatoms. The highest BCUT2D eigenvalue weighted by atomic mass is 35.5. The first-order chi connectivity index (χ1) is 11.7. The van der Waals surface area contributed by atoms with Crippen molar-refractivity contribution in [2.75, 3.05) is 7.11 Å². The molecule has 0 spiro atoms. The minimum absolute atomic E-state index is 0. The lowest BCUT2D eigenvalue weighted by atomic mass is 10.0. The Morgan fingerprint density at radius 3 is 2.44 bits per heavy atom. The third-order valence-electron chi connectivity index (χ3n) is 4.46. The van der Waals surface area contributed by atoms with Gasteiger partial charge in [-0.3, -0.25) is 4.79 Å². The molecule has 3 rings (SSSR count). The van der Waals surface area contributed by atoms with Crippen LogP contribution in [0.2, 0.25) is 0 Å². The zero-order valence-electron chi connectivity index (χ0n) is 14.4. The molecule has 1 atom stereocenters. The molecule has 0 aromatic heterocycles. The monoisotopic (exact) mass is 360 g/mol. The van der Waals surface area contributed by atoms with E-state index in [1.165, 1.54) is 0 Å². The van der Waals surface area contributed by atoms with Crippen molar-refractivity contribution in [3.8, 4) is 5.75 Å². The van der Waals surface area contributed by atoms with Gasteiger partial charge in [0, 0.05) is 30.6 Å². The largest absolute Gasteiger partial charge is 0.496 e. The molecule has 2 aromatic carbocycles. The lowest BCUT2D eigenvalue weighted by Crippen LogP contribution is -2.34. The van der Waals surface area contributed by atoms with Gasteiger partial charge in [0.15, 0.2) is 0 Å². The van der Waals surface area contributed by atoms with Gasteiger partial charge in [-0.1, -0.05) is 48.5 Å². The van der Waals surface area contributed by atoms with Gasteiger partial charge in [0.05, 0.1) is 7.11 Å². The number of halogens is 1. The lowest BCUT2D eigenvalue weighted by molar-refractivity contribution is -0.132. The molecule has 0 heterocycles. The Hall–Kier alpha value is -2.04. The van der Waals surface area contributed by atoms with Crippen molar-refractivity contribution < 1.29 is 9.53 Å². The molecular formula is C20H25ClN2O2. The number of nitrogens with zero attached hydrogens (tertiary/aromatic N) is 1. The average molecular weight is 361 g/mol. The molecule has 0 radical (unpaired) electrons. The molecule has 134 valence electrons. The Labute approximate surface area is 155 Å². The second-order valence-electron chi connectivity index (χ2n) is 6.29. The highest BCUT2D eigenvalue weighted by Crippen LogP contribution is 2.31. The Morgan fingerprint density at radius 2 is 1.80 bits per heavy atom. The van der Waals surface area contributed by atoms with Gasteiger partial charge in [-0.2, -0.15) is 0 Å². The van der Waals surface area contributed by atoms with Crippen LogP contribution in [0.4, 0.5) is 0 Å². The average Bonchev–Trinajstić information content (AvgIpc) is 3.45. The van der Waals surface area contributed by atoms with Crippen LogP contribution < -0.4 is 10.5 Å². The van der Waals surface area contributed by atoms with Gasteiger partial charge in [-0.05, 0) is 24.5 Å². The molecule has 1 fully saturated rings. The molecule has 1 aliphatic carbocycles. The van der Waals surface area contributed by atoms with Gasteiger partial charge < -0.3 is 15.4 Å². The van der Waals surface area contributed by atoms with E-state index in [0.29, 0.717) is 19.0 Å². The van der Waals surface area contributed by atoms with Gasteiger partial charge in [0.25, 0.3) is 0 Å². The Kier molecular flexibility index (Phi) is 6.85. The lowest BCUT2D eigenvalue weighted by Gasteiger charge is -2.25. The maximum absolute atomic E-state index is 12.8. The van der Waals surface area contributed by atoms with Crippen LogP contribution in [0.1, 0.15) is 36.4 Å². The molecule has 0 aliphatic heterocycles. The predicted octanol–water partition coefficient (Wildman–Crippen LogP) is 3.70. The fourth-order valence-corrected chi connectivity index (χ4v) is 2.95.